The van der Waals surface area contributed by atoms with Crippen LogP contribution in [0.2, 0.25) is 0 Å². The van der Waals surface area contributed by atoms with E-state index in [-0.39, 0.29) is 18.6 Å². The molecule has 16 heavy (non-hydrogen) atoms. The Morgan fingerprint density at radius 2 is 1.94 bits per heavy atom. The SMILES string of the molecule is CC.CCC(=O)C1NCCCC1C(F)(F)F. The van der Waals surface area contributed by atoms with E-state index in [9.17, 15) is 18.0 Å². The van der Waals surface area contributed by atoms with E-state index in [1.54, 1.807) is 6.92 Å². The van der Waals surface area contributed by atoms with Crippen molar-refractivity contribution in [3.05, 3.63) is 0 Å². The lowest BCUT2D eigenvalue weighted by Crippen LogP contribution is -2.51. The van der Waals surface area contributed by atoms with Crippen molar-refractivity contribution in [2.75, 3.05) is 6.54 Å². The molecular formula is C11H20F3NO. The Kier molecular flexibility index (Phi) is 6.64. The van der Waals surface area contributed by atoms with Gasteiger partial charge in [0.2, 0.25) is 0 Å². The van der Waals surface area contributed by atoms with Crippen molar-refractivity contribution < 1.29 is 18.0 Å². The van der Waals surface area contributed by atoms with Gasteiger partial charge in [-0.25, -0.2) is 0 Å². The molecular weight excluding hydrogens is 219 g/mol. The highest BCUT2D eigenvalue weighted by molar-refractivity contribution is 5.84. The zero-order valence-corrected chi connectivity index (χ0v) is 10.0. The number of rotatable bonds is 2. The van der Waals surface area contributed by atoms with Gasteiger partial charge in [-0.2, -0.15) is 13.2 Å². The third-order valence-electron chi connectivity index (χ3n) is 2.57. The Bertz CT molecular complexity index is 216. The van der Waals surface area contributed by atoms with Gasteiger partial charge in [0.05, 0.1) is 12.0 Å². The molecule has 0 spiro atoms. The minimum absolute atomic E-state index is 0.0624. The van der Waals surface area contributed by atoms with Crippen LogP contribution in [0.5, 0.6) is 0 Å². The van der Waals surface area contributed by atoms with E-state index in [1.165, 1.54) is 0 Å². The zero-order valence-electron chi connectivity index (χ0n) is 10.0. The largest absolute Gasteiger partial charge is 0.393 e. The number of hydrogen-bond donors (Lipinski definition) is 1. The van der Waals surface area contributed by atoms with Crippen molar-refractivity contribution in [3.63, 3.8) is 0 Å². The molecule has 96 valence electrons. The average molecular weight is 239 g/mol. The van der Waals surface area contributed by atoms with Crippen molar-refractivity contribution in [2.45, 2.75) is 52.3 Å². The maximum absolute atomic E-state index is 12.5. The van der Waals surface area contributed by atoms with E-state index in [4.69, 9.17) is 0 Å². The minimum Gasteiger partial charge on any atom is -0.307 e. The molecule has 1 N–H and O–H groups in total. The number of halogens is 3. The van der Waals surface area contributed by atoms with Crippen molar-refractivity contribution >= 4 is 5.78 Å². The summed E-state index contributed by atoms with van der Waals surface area (Å²) in [6, 6.07) is -1.02. The summed E-state index contributed by atoms with van der Waals surface area (Å²) in [7, 11) is 0. The van der Waals surface area contributed by atoms with Gasteiger partial charge in [-0.05, 0) is 19.4 Å². The monoisotopic (exact) mass is 239 g/mol. The smallest absolute Gasteiger partial charge is 0.307 e. The van der Waals surface area contributed by atoms with Crippen LogP contribution in [0.3, 0.4) is 0 Å². The summed E-state index contributed by atoms with van der Waals surface area (Å²) in [5.74, 6) is -1.84. The molecule has 1 fully saturated rings. The van der Waals surface area contributed by atoms with Gasteiger partial charge in [0.15, 0.2) is 0 Å². The molecule has 2 atom stereocenters. The summed E-state index contributed by atoms with van der Waals surface area (Å²) in [5, 5.41) is 2.66. The van der Waals surface area contributed by atoms with E-state index in [2.05, 4.69) is 5.32 Å². The number of ketones is 1. The van der Waals surface area contributed by atoms with Crippen LogP contribution in [-0.4, -0.2) is 24.5 Å². The van der Waals surface area contributed by atoms with Crippen LogP contribution in [0.25, 0.3) is 0 Å². The van der Waals surface area contributed by atoms with Crippen molar-refractivity contribution in [1.82, 2.24) is 5.32 Å². The van der Waals surface area contributed by atoms with Gasteiger partial charge in [-0.3, -0.25) is 4.79 Å². The molecule has 1 aliphatic rings. The number of carbonyl (C=O) groups excluding carboxylic acids is 1. The van der Waals surface area contributed by atoms with E-state index < -0.39 is 18.1 Å². The van der Waals surface area contributed by atoms with Crippen LogP contribution in [0.4, 0.5) is 13.2 Å². The summed E-state index contributed by atoms with van der Waals surface area (Å²) in [6.07, 6.45) is -3.56. The standard InChI is InChI=1S/C9H14F3NO.C2H6/c1-2-7(14)8-6(9(10,11)12)4-3-5-13-8;1-2/h6,8,13H,2-5H2,1H3;1-2H3. The van der Waals surface area contributed by atoms with E-state index in [1.807, 2.05) is 13.8 Å². The van der Waals surface area contributed by atoms with Gasteiger partial charge in [0, 0.05) is 6.42 Å². The summed E-state index contributed by atoms with van der Waals surface area (Å²) < 4.78 is 37.5. The zero-order chi connectivity index (χ0) is 12.8. The number of piperidine rings is 1. The van der Waals surface area contributed by atoms with Crippen LogP contribution >= 0.6 is 0 Å². The number of nitrogens with one attached hydrogen (secondary N) is 1. The topological polar surface area (TPSA) is 29.1 Å². The molecule has 0 bridgehead atoms. The Labute approximate surface area is 94.6 Å². The van der Waals surface area contributed by atoms with E-state index >= 15 is 0 Å². The van der Waals surface area contributed by atoms with Gasteiger partial charge < -0.3 is 5.32 Å². The highest BCUT2D eigenvalue weighted by Gasteiger charge is 2.47. The van der Waals surface area contributed by atoms with Crippen LogP contribution < -0.4 is 5.32 Å². The summed E-state index contributed by atoms with van der Waals surface area (Å²) in [6.45, 7) is 6.09. The summed E-state index contributed by atoms with van der Waals surface area (Å²) >= 11 is 0. The highest BCUT2D eigenvalue weighted by atomic mass is 19.4. The molecule has 0 aromatic carbocycles. The van der Waals surface area contributed by atoms with Gasteiger partial charge in [0.25, 0.3) is 0 Å². The van der Waals surface area contributed by atoms with Crippen LogP contribution in [0, 0.1) is 5.92 Å². The van der Waals surface area contributed by atoms with Gasteiger partial charge >= 0.3 is 6.18 Å². The van der Waals surface area contributed by atoms with Gasteiger partial charge in [-0.15, -0.1) is 0 Å². The lowest BCUT2D eigenvalue weighted by atomic mass is 9.87. The fourth-order valence-electron chi connectivity index (χ4n) is 1.80. The van der Waals surface area contributed by atoms with Crippen LogP contribution in [0.1, 0.15) is 40.0 Å². The summed E-state index contributed by atoms with van der Waals surface area (Å²) in [5.41, 5.74) is 0. The van der Waals surface area contributed by atoms with Crippen LogP contribution in [-0.2, 0) is 4.79 Å². The molecule has 0 aliphatic carbocycles. The number of Topliss-reactive ketones (excluding diaryl/α,β-unsaturated/α-hetero) is 1. The lowest BCUT2D eigenvalue weighted by Gasteiger charge is -2.32. The average Bonchev–Trinajstić information content (AvgIpc) is 2.29. The molecule has 1 rings (SSSR count). The maximum atomic E-state index is 12.5. The minimum atomic E-state index is -4.26. The quantitative estimate of drug-likeness (QED) is 0.802. The van der Waals surface area contributed by atoms with Gasteiger partial charge in [0.1, 0.15) is 5.78 Å². The lowest BCUT2D eigenvalue weighted by molar-refractivity contribution is -0.190. The van der Waals surface area contributed by atoms with Crippen molar-refractivity contribution in [3.8, 4) is 0 Å². The number of hydrogen-bond acceptors (Lipinski definition) is 2. The first-order valence-electron chi connectivity index (χ1n) is 5.79. The molecule has 2 unspecified atom stereocenters. The molecule has 1 heterocycles. The highest BCUT2D eigenvalue weighted by Crippen LogP contribution is 2.34. The molecule has 0 aromatic heterocycles. The number of carbonyl (C=O) groups is 1. The first-order chi connectivity index (χ1) is 7.46. The molecule has 0 amide bonds. The molecule has 2 nitrogen and oxygen atoms in total. The predicted octanol–water partition coefficient (Wildman–Crippen LogP) is 2.92. The third-order valence-corrected chi connectivity index (χ3v) is 2.57. The Morgan fingerprint density at radius 1 is 1.38 bits per heavy atom. The van der Waals surface area contributed by atoms with E-state index in [0.29, 0.717) is 13.0 Å². The van der Waals surface area contributed by atoms with Crippen molar-refractivity contribution in [2.24, 2.45) is 5.92 Å². The Morgan fingerprint density at radius 3 is 2.38 bits per heavy atom. The fourth-order valence-corrected chi connectivity index (χ4v) is 1.80. The first kappa shape index (κ1) is 15.4. The Balaban J connectivity index is 0.00000106. The molecule has 1 aliphatic heterocycles. The molecule has 0 radical (unpaired) electrons. The second-order valence-electron chi connectivity index (χ2n) is 3.54. The Hall–Kier alpha value is -0.580. The van der Waals surface area contributed by atoms with Gasteiger partial charge in [-0.1, -0.05) is 20.8 Å². The molecule has 1 saturated heterocycles. The maximum Gasteiger partial charge on any atom is 0.393 e. The second-order valence-corrected chi connectivity index (χ2v) is 3.54. The normalized spacial score (nSPS) is 25.6. The van der Waals surface area contributed by atoms with Crippen LogP contribution in [0.15, 0.2) is 0 Å². The van der Waals surface area contributed by atoms with Crippen molar-refractivity contribution in [1.29, 1.82) is 0 Å². The van der Waals surface area contributed by atoms with E-state index in [0.717, 1.165) is 0 Å². The molecule has 5 heteroatoms. The first-order valence-corrected chi connectivity index (χ1v) is 5.79. The third kappa shape index (κ3) is 4.12. The number of alkyl halides is 3. The predicted molar refractivity (Wildman–Crippen MR) is 57.2 cm³/mol. The molecule has 0 aromatic rings. The summed E-state index contributed by atoms with van der Waals surface area (Å²) in [4.78, 5) is 11.3. The second kappa shape index (κ2) is 6.89. The fraction of sp³-hybridized carbons (Fsp3) is 0.909. The molecule has 0 saturated carbocycles.